The minimum atomic E-state index is -5.84. The summed E-state index contributed by atoms with van der Waals surface area (Å²) in [5, 5.41) is 22.0. The van der Waals surface area contributed by atoms with Crippen LogP contribution in [-0.4, -0.2) is 23.4 Å². The number of nitro groups is 1. The van der Waals surface area contributed by atoms with E-state index >= 15 is 0 Å². The quantitative estimate of drug-likeness (QED) is 0.274. The highest BCUT2D eigenvalue weighted by Gasteiger charge is 2.44. The molecule has 0 aliphatic rings. The molecule has 0 unspecified atom stereocenters. The molecule has 0 spiro atoms. The second kappa shape index (κ2) is 7.95. The molecule has 0 aliphatic heterocycles. The predicted molar refractivity (Wildman–Crippen MR) is 54.2 cm³/mol. The summed E-state index contributed by atoms with van der Waals surface area (Å²) in [4.78, 5) is 9.59. The van der Waals surface area contributed by atoms with E-state index in [1.54, 1.807) is 18.2 Å². The molecule has 1 aromatic carbocycles. The van der Waals surface area contributed by atoms with Crippen LogP contribution in [0.5, 0.6) is 0 Å². The van der Waals surface area contributed by atoms with Crippen LogP contribution in [0.4, 0.5) is 18.9 Å². The van der Waals surface area contributed by atoms with E-state index < -0.39 is 20.5 Å². The highest BCUT2D eigenvalue weighted by atomic mass is 32.2. The Labute approximate surface area is 104 Å². The lowest BCUT2D eigenvalue weighted by atomic mass is 10.3. The zero-order chi connectivity index (χ0) is 15.7. The van der Waals surface area contributed by atoms with Gasteiger partial charge in [-0.25, -0.2) is 0 Å². The molecule has 0 radical (unpaired) electrons. The number of alkyl halides is 3. The van der Waals surface area contributed by atoms with Gasteiger partial charge in [0.2, 0.25) is 0 Å². The third-order valence-electron chi connectivity index (χ3n) is 1.26. The molecule has 0 amide bonds. The molecule has 8 nitrogen and oxygen atoms in total. The van der Waals surface area contributed by atoms with E-state index in [0.717, 1.165) is 0 Å². The molecule has 12 heteroatoms. The Morgan fingerprint density at radius 3 is 1.63 bits per heavy atom. The summed E-state index contributed by atoms with van der Waals surface area (Å²) in [5.74, 6) is 0. The monoisotopic (exact) mass is 301 g/mol. The molecule has 106 valence electrons. The fraction of sp³-hybridized carbons (Fsp3) is 0.143. The Hall–Kier alpha value is -2.26. The summed E-state index contributed by atoms with van der Waals surface area (Å²) < 4.78 is 57.5. The third-order valence-corrected chi connectivity index (χ3v) is 1.84. The number of nitro benzene ring substituents is 1. The average molecular weight is 301 g/mol. The molecular weight excluding hydrogens is 295 g/mol. The molecule has 0 atom stereocenters. The van der Waals surface area contributed by atoms with Crippen molar-refractivity contribution in [3.05, 3.63) is 40.4 Å². The zero-order valence-corrected chi connectivity index (χ0v) is 9.67. The molecule has 0 saturated carbocycles. The molecule has 0 bridgehead atoms. The number of hydrogen-bond donors (Lipinski definition) is 1. The van der Waals surface area contributed by atoms with E-state index in [1.807, 2.05) is 0 Å². The van der Waals surface area contributed by atoms with Gasteiger partial charge in [-0.3, -0.25) is 14.7 Å². The van der Waals surface area contributed by atoms with E-state index in [4.69, 9.17) is 23.8 Å². The highest BCUT2D eigenvalue weighted by Crippen LogP contribution is 2.20. The Morgan fingerprint density at radius 1 is 1.16 bits per heavy atom. The van der Waals surface area contributed by atoms with Crippen LogP contribution in [0.3, 0.4) is 0 Å². The third kappa shape index (κ3) is 8.46. The number of para-hydroxylation sites is 1. The summed E-state index contributed by atoms with van der Waals surface area (Å²) in [6.07, 6.45) is 0. The standard InChI is InChI=1S/C6H5NO2.CHF3O3S.N2/c8-7(9)6-4-2-1-3-5-6;2-1(3,4)8(5,6)7;1-2/h1-5H;(H,5,6,7);. The Morgan fingerprint density at radius 2 is 1.47 bits per heavy atom. The van der Waals surface area contributed by atoms with Crippen LogP contribution in [0.2, 0.25) is 0 Å². The molecule has 0 saturated heterocycles. The van der Waals surface area contributed by atoms with Crippen LogP contribution >= 0.6 is 0 Å². The number of hydrogen-bond acceptors (Lipinski definition) is 6. The molecule has 0 fully saturated rings. The maximum absolute atomic E-state index is 10.7. The predicted octanol–water partition coefficient (Wildman–Crippen LogP) is 2.02. The number of rotatable bonds is 1. The largest absolute Gasteiger partial charge is 0.522 e. The molecule has 0 aromatic heterocycles. The first-order valence-electron chi connectivity index (χ1n) is 3.99. The van der Waals surface area contributed by atoms with Crippen molar-refractivity contribution in [1.82, 2.24) is 0 Å². The van der Waals surface area contributed by atoms with E-state index in [2.05, 4.69) is 0 Å². The molecule has 1 rings (SSSR count). The summed E-state index contributed by atoms with van der Waals surface area (Å²) in [7, 11) is -5.84. The summed E-state index contributed by atoms with van der Waals surface area (Å²) in [6.45, 7) is 0. The normalized spacial score (nSPS) is 10.2. The van der Waals surface area contributed by atoms with E-state index in [1.165, 1.54) is 12.1 Å². The first-order chi connectivity index (χ1) is 8.55. The van der Waals surface area contributed by atoms with Crippen molar-refractivity contribution in [2.45, 2.75) is 5.51 Å². The number of halogens is 3. The van der Waals surface area contributed by atoms with Crippen LogP contribution in [0, 0.1) is 20.9 Å². The molecular formula is C7H6F3N3O5S. The van der Waals surface area contributed by atoms with Gasteiger partial charge in [0.1, 0.15) is 0 Å². The number of non-ortho nitro benzene ring substituents is 1. The average Bonchev–Trinajstić information content (AvgIpc) is 2.31. The fourth-order valence-electron chi connectivity index (χ4n) is 0.550. The van der Waals surface area contributed by atoms with E-state index in [-0.39, 0.29) is 5.69 Å². The van der Waals surface area contributed by atoms with Crippen molar-refractivity contribution < 1.29 is 31.1 Å². The van der Waals surface area contributed by atoms with Crippen molar-refractivity contribution in [2.75, 3.05) is 0 Å². The number of benzene rings is 1. The maximum Gasteiger partial charge on any atom is 0.522 e. The van der Waals surface area contributed by atoms with Crippen LogP contribution in [-0.2, 0) is 10.1 Å². The van der Waals surface area contributed by atoms with Gasteiger partial charge in [-0.2, -0.15) is 21.6 Å². The summed E-state index contributed by atoms with van der Waals surface area (Å²) in [5.41, 5.74) is -5.40. The first kappa shape index (κ1) is 19.1. The van der Waals surface area contributed by atoms with Crippen LogP contribution in [0.15, 0.2) is 30.3 Å². The van der Waals surface area contributed by atoms with Crippen LogP contribution in [0.25, 0.3) is 0 Å². The SMILES string of the molecule is N#N.O=S(=O)(O)C(F)(F)F.O=[N+]([O-])c1ccccc1. The molecule has 19 heavy (non-hydrogen) atoms. The first-order valence-corrected chi connectivity index (χ1v) is 5.43. The van der Waals surface area contributed by atoms with Gasteiger partial charge in [0, 0.05) is 22.9 Å². The molecule has 1 aromatic rings. The summed E-state index contributed by atoms with van der Waals surface area (Å²) >= 11 is 0. The fourth-order valence-corrected chi connectivity index (χ4v) is 0.550. The minimum absolute atomic E-state index is 0.137. The van der Waals surface area contributed by atoms with Crippen molar-refractivity contribution in [3.63, 3.8) is 0 Å². The van der Waals surface area contributed by atoms with Crippen molar-refractivity contribution in [2.24, 2.45) is 0 Å². The molecule has 0 aliphatic carbocycles. The van der Waals surface area contributed by atoms with Gasteiger partial charge in [0.25, 0.3) is 5.69 Å². The van der Waals surface area contributed by atoms with Gasteiger partial charge >= 0.3 is 15.6 Å². The van der Waals surface area contributed by atoms with Crippen molar-refractivity contribution in [3.8, 4) is 0 Å². The maximum atomic E-state index is 10.7. The van der Waals surface area contributed by atoms with Crippen LogP contribution < -0.4 is 0 Å². The molecule has 0 heterocycles. The second-order valence-corrected chi connectivity index (χ2v) is 3.93. The van der Waals surface area contributed by atoms with Crippen LogP contribution in [0.1, 0.15) is 0 Å². The van der Waals surface area contributed by atoms with E-state index in [0.29, 0.717) is 0 Å². The Balaban J connectivity index is 0. The number of nitrogens with zero attached hydrogens (tertiary/aromatic N) is 3. The second-order valence-electron chi connectivity index (χ2n) is 2.51. The van der Waals surface area contributed by atoms with Crippen molar-refractivity contribution in [1.29, 1.82) is 10.8 Å². The molecule has 1 N–H and O–H groups in total. The van der Waals surface area contributed by atoms with Gasteiger partial charge in [-0.1, -0.05) is 18.2 Å². The van der Waals surface area contributed by atoms with Gasteiger partial charge in [-0.05, 0) is 0 Å². The lowest BCUT2D eigenvalue weighted by Crippen LogP contribution is -2.21. The van der Waals surface area contributed by atoms with Gasteiger partial charge in [0.15, 0.2) is 0 Å². The lowest BCUT2D eigenvalue weighted by molar-refractivity contribution is -0.384. The zero-order valence-electron chi connectivity index (χ0n) is 8.85. The smallest absolute Gasteiger partial charge is 0.279 e. The highest BCUT2D eigenvalue weighted by molar-refractivity contribution is 7.86. The Bertz CT molecular complexity index is 514. The topological polar surface area (TPSA) is 145 Å². The van der Waals surface area contributed by atoms with E-state index in [9.17, 15) is 23.3 Å². The minimum Gasteiger partial charge on any atom is -0.279 e. The summed E-state index contributed by atoms with van der Waals surface area (Å²) in [6, 6.07) is 7.93. The van der Waals surface area contributed by atoms with Gasteiger partial charge < -0.3 is 0 Å². The van der Waals surface area contributed by atoms with Gasteiger partial charge in [0.05, 0.1) is 4.92 Å². The van der Waals surface area contributed by atoms with Crippen molar-refractivity contribution >= 4 is 15.8 Å². The lowest BCUT2D eigenvalue weighted by Gasteiger charge is -1.97. The Kier molecular flexibility index (Phi) is 7.99. The van der Waals surface area contributed by atoms with Gasteiger partial charge in [-0.15, -0.1) is 0 Å².